The quantitative estimate of drug-likeness (QED) is 0.861. The molecule has 3 nitrogen and oxygen atoms in total. The standard InChI is InChI=1S/C16H17NO2/c18-16(19)12-14(15-8-4-5-11-17-15)10-9-13-6-2-1-3-7-13/h1-8,11,14H,9-10,12H2,(H,18,19). The third kappa shape index (κ3) is 4.21. The molecule has 1 unspecified atom stereocenters. The number of aryl methyl sites for hydroxylation is 1. The van der Waals surface area contributed by atoms with Crippen molar-refractivity contribution < 1.29 is 9.90 Å². The third-order valence-corrected chi connectivity index (χ3v) is 3.15. The maximum absolute atomic E-state index is 11.0. The molecule has 98 valence electrons. The molecule has 1 atom stereocenters. The van der Waals surface area contributed by atoms with Gasteiger partial charge in [-0.05, 0) is 30.5 Å². The monoisotopic (exact) mass is 255 g/mol. The average molecular weight is 255 g/mol. The van der Waals surface area contributed by atoms with Crippen LogP contribution in [0.25, 0.3) is 0 Å². The number of hydrogen-bond acceptors (Lipinski definition) is 2. The summed E-state index contributed by atoms with van der Waals surface area (Å²) in [6.07, 6.45) is 3.51. The molecule has 0 amide bonds. The van der Waals surface area contributed by atoms with Gasteiger partial charge in [0.1, 0.15) is 0 Å². The maximum atomic E-state index is 11.0. The van der Waals surface area contributed by atoms with Gasteiger partial charge in [-0.15, -0.1) is 0 Å². The Kier molecular flexibility index (Phi) is 4.67. The van der Waals surface area contributed by atoms with Crippen LogP contribution in [0.5, 0.6) is 0 Å². The second kappa shape index (κ2) is 6.69. The first-order valence-electron chi connectivity index (χ1n) is 6.42. The zero-order valence-corrected chi connectivity index (χ0v) is 10.7. The lowest BCUT2D eigenvalue weighted by Gasteiger charge is -2.14. The molecular formula is C16H17NO2. The van der Waals surface area contributed by atoms with E-state index in [0.29, 0.717) is 0 Å². The highest BCUT2D eigenvalue weighted by molar-refractivity contribution is 5.67. The number of nitrogens with zero attached hydrogens (tertiary/aromatic N) is 1. The van der Waals surface area contributed by atoms with Crippen LogP contribution in [0.2, 0.25) is 0 Å². The third-order valence-electron chi connectivity index (χ3n) is 3.15. The molecule has 1 aromatic carbocycles. The number of carboxylic acid groups (broad SMARTS) is 1. The Morgan fingerprint density at radius 3 is 2.47 bits per heavy atom. The SMILES string of the molecule is O=C(O)CC(CCc1ccccc1)c1ccccn1. The largest absolute Gasteiger partial charge is 0.481 e. The lowest BCUT2D eigenvalue weighted by molar-refractivity contribution is -0.137. The number of pyridine rings is 1. The van der Waals surface area contributed by atoms with E-state index in [-0.39, 0.29) is 12.3 Å². The van der Waals surface area contributed by atoms with E-state index < -0.39 is 5.97 Å². The first kappa shape index (κ1) is 13.3. The molecule has 1 aromatic heterocycles. The fourth-order valence-electron chi connectivity index (χ4n) is 2.17. The molecule has 0 aliphatic rings. The van der Waals surface area contributed by atoms with E-state index >= 15 is 0 Å². The molecule has 1 N–H and O–H groups in total. The molecule has 0 aliphatic carbocycles. The summed E-state index contributed by atoms with van der Waals surface area (Å²) in [5.41, 5.74) is 2.09. The molecule has 0 saturated carbocycles. The number of aromatic nitrogens is 1. The Bertz CT molecular complexity index is 511. The normalized spacial score (nSPS) is 12.0. The molecule has 2 rings (SSSR count). The van der Waals surface area contributed by atoms with Crippen LogP contribution in [0.3, 0.4) is 0 Å². The van der Waals surface area contributed by atoms with E-state index in [1.165, 1.54) is 5.56 Å². The van der Waals surface area contributed by atoms with Gasteiger partial charge in [0, 0.05) is 17.8 Å². The summed E-state index contributed by atoms with van der Waals surface area (Å²) in [5, 5.41) is 9.01. The fraction of sp³-hybridized carbons (Fsp3) is 0.250. The smallest absolute Gasteiger partial charge is 0.304 e. The molecule has 19 heavy (non-hydrogen) atoms. The summed E-state index contributed by atoms with van der Waals surface area (Å²) in [7, 11) is 0. The van der Waals surface area contributed by atoms with Crippen LogP contribution < -0.4 is 0 Å². The minimum Gasteiger partial charge on any atom is -0.481 e. The van der Waals surface area contributed by atoms with Gasteiger partial charge in [-0.1, -0.05) is 36.4 Å². The number of benzene rings is 1. The van der Waals surface area contributed by atoms with Crippen molar-refractivity contribution in [2.45, 2.75) is 25.2 Å². The molecule has 0 aliphatic heterocycles. The van der Waals surface area contributed by atoms with Crippen molar-refractivity contribution in [1.29, 1.82) is 0 Å². The van der Waals surface area contributed by atoms with Gasteiger partial charge >= 0.3 is 5.97 Å². The lowest BCUT2D eigenvalue weighted by Crippen LogP contribution is -2.09. The lowest BCUT2D eigenvalue weighted by atomic mass is 9.93. The maximum Gasteiger partial charge on any atom is 0.304 e. The van der Waals surface area contributed by atoms with Crippen LogP contribution in [0.4, 0.5) is 0 Å². The molecule has 3 heteroatoms. The van der Waals surface area contributed by atoms with Crippen LogP contribution in [0.1, 0.15) is 30.0 Å². The molecule has 0 saturated heterocycles. The highest BCUT2D eigenvalue weighted by Crippen LogP contribution is 2.23. The fourth-order valence-corrected chi connectivity index (χ4v) is 2.17. The van der Waals surface area contributed by atoms with Crippen LogP contribution in [-0.4, -0.2) is 16.1 Å². The Labute approximate surface area is 112 Å². The average Bonchev–Trinajstić information content (AvgIpc) is 2.45. The summed E-state index contributed by atoms with van der Waals surface area (Å²) in [6, 6.07) is 15.8. The second-order valence-corrected chi connectivity index (χ2v) is 4.57. The van der Waals surface area contributed by atoms with Gasteiger partial charge in [-0.3, -0.25) is 9.78 Å². The molecule has 2 aromatic rings. The Hall–Kier alpha value is -2.16. The van der Waals surface area contributed by atoms with E-state index in [2.05, 4.69) is 17.1 Å². The first-order valence-corrected chi connectivity index (χ1v) is 6.42. The van der Waals surface area contributed by atoms with Gasteiger partial charge in [-0.2, -0.15) is 0 Å². The number of aliphatic carboxylic acids is 1. The van der Waals surface area contributed by atoms with Crippen molar-refractivity contribution in [3.63, 3.8) is 0 Å². The summed E-state index contributed by atoms with van der Waals surface area (Å²) >= 11 is 0. The number of carboxylic acids is 1. The molecule has 0 radical (unpaired) electrons. The van der Waals surface area contributed by atoms with Gasteiger partial charge in [-0.25, -0.2) is 0 Å². The van der Waals surface area contributed by atoms with E-state index in [1.807, 2.05) is 36.4 Å². The highest BCUT2D eigenvalue weighted by Gasteiger charge is 2.16. The summed E-state index contributed by atoms with van der Waals surface area (Å²) in [4.78, 5) is 15.2. The van der Waals surface area contributed by atoms with Crippen molar-refractivity contribution in [1.82, 2.24) is 4.98 Å². The number of rotatable bonds is 6. The van der Waals surface area contributed by atoms with Gasteiger partial charge in [0.25, 0.3) is 0 Å². The van der Waals surface area contributed by atoms with E-state index in [4.69, 9.17) is 5.11 Å². The van der Waals surface area contributed by atoms with Crippen molar-refractivity contribution in [2.24, 2.45) is 0 Å². The summed E-state index contributed by atoms with van der Waals surface area (Å²) in [6.45, 7) is 0. The second-order valence-electron chi connectivity index (χ2n) is 4.57. The number of carbonyl (C=O) groups is 1. The topological polar surface area (TPSA) is 50.2 Å². The van der Waals surface area contributed by atoms with Crippen molar-refractivity contribution in [2.75, 3.05) is 0 Å². The zero-order chi connectivity index (χ0) is 13.5. The molecule has 0 fully saturated rings. The Morgan fingerprint density at radius 2 is 1.84 bits per heavy atom. The summed E-state index contributed by atoms with van der Waals surface area (Å²) in [5.74, 6) is -0.803. The van der Waals surface area contributed by atoms with Crippen LogP contribution in [0.15, 0.2) is 54.7 Å². The van der Waals surface area contributed by atoms with Crippen LogP contribution in [0, 0.1) is 0 Å². The predicted molar refractivity (Wildman–Crippen MR) is 74.0 cm³/mol. The molecular weight excluding hydrogens is 238 g/mol. The van der Waals surface area contributed by atoms with Crippen molar-refractivity contribution in [3.05, 3.63) is 66.0 Å². The van der Waals surface area contributed by atoms with Gasteiger partial charge in [0.05, 0.1) is 6.42 Å². The van der Waals surface area contributed by atoms with Crippen molar-refractivity contribution >= 4 is 5.97 Å². The minimum absolute atomic E-state index is 0.0288. The molecule has 1 heterocycles. The predicted octanol–water partition coefficient (Wildman–Crippen LogP) is 3.27. The van der Waals surface area contributed by atoms with Gasteiger partial charge in [0.15, 0.2) is 0 Å². The van der Waals surface area contributed by atoms with E-state index in [0.717, 1.165) is 18.5 Å². The minimum atomic E-state index is -0.774. The molecule has 0 bridgehead atoms. The van der Waals surface area contributed by atoms with Crippen LogP contribution >= 0.6 is 0 Å². The summed E-state index contributed by atoms with van der Waals surface area (Å²) < 4.78 is 0. The van der Waals surface area contributed by atoms with E-state index in [1.54, 1.807) is 6.20 Å². The number of hydrogen-bond donors (Lipinski definition) is 1. The van der Waals surface area contributed by atoms with Gasteiger partial charge in [0.2, 0.25) is 0 Å². The van der Waals surface area contributed by atoms with Gasteiger partial charge < -0.3 is 5.11 Å². The van der Waals surface area contributed by atoms with Crippen LogP contribution in [-0.2, 0) is 11.2 Å². The Balaban J connectivity index is 2.04. The zero-order valence-electron chi connectivity index (χ0n) is 10.7. The Morgan fingerprint density at radius 1 is 1.11 bits per heavy atom. The van der Waals surface area contributed by atoms with E-state index in [9.17, 15) is 4.79 Å². The first-order chi connectivity index (χ1) is 9.25. The highest BCUT2D eigenvalue weighted by atomic mass is 16.4. The van der Waals surface area contributed by atoms with Crippen molar-refractivity contribution in [3.8, 4) is 0 Å². The molecule has 0 spiro atoms.